The van der Waals surface area contributed by atoms with E-state index in [0.717, 1.165) is 19.4 Å². The Hall–Kier alpha value is -1.69. The molecule has 1 aromatic heterocycles. The highest BCUT2D eigenvalue weighted by molar-refractivity contribution is 5.88. The van der Waals surface area contributed by atoms with Crippen molar-refractivity contribution in [1.29, 1.82) is 0 Å². The van der Waals surface area contributed by atoms with E-state index in [2.05, 4.69) is 22.2 Å². The van der Waals surface area contributed by atoms with E-state index in [9.17, 15) is 4.79 Å². The van der Waals surface area contributed by atoms with Gasteiger partial charge >= 0.3 is 5.97 Å². The van der Waals surface area contributed by atoms with Crippen LogP contribution in [0.15, 0.2) is 6.20 Å². The zero-order valence-electron chi connectivity index (χ0n) is 10.1. The van der Waals surface area contributed by atoms with Crippen LogP contribution in [0.1, 0.15) is 35.8 Å². The Kier molecular flexibility index (Phi) is 5.35. The molecule has 1 rings (SSSR count). The van der Waals surface area contributed by atoms with Gasteiger partial charge in [0, 0.05) is 19.9 Å². The van der Waals surface area contributed by atoms with Gasteiger partial charge in [-0.15, -0.1) is 0 Å². The monoisotopic (exact) mass is 239 g/mol. The van der Waals surface area contributed by atoms with Crippen molar-refractivity contribution in [1.82, 2.24) is 9.97 Å². The molecule has 1 heterocycles. The first-order valence-corrected chi connectivity index (χ1v) is 5.51. The van der Waals surface area contributed by atoms with Crippen LogP contribution < -0.4 is 5.32 Å². The summed E-state index contributed by atoms with van der Waals surface area (Å²) in [7, 11) is 1.50. The third-order valence-corrected chi connectivity index (χ3v) is 2.19. The smallest absolute Gasteiger partial charge is 0.339 e. The van der Waals surface area contributed by atoms with Gasteiger partial charge in [-0.3, -0.25) is 0 Å². The number of rotatable bonds is 7. The van der Waals surface area contributed by atoms with Crippen LogP contribution in [0.4, 0.5) is 5.95 Å². The number of unbranched alkanes of at least 4 members (excludes halogenated alkanes) is 1. The molecule has 6 nitrogen and oxygen atoms in total. The van der Waals surface area contributed by atoms with E-state index in [0.29, 0.717) is 11.6 Å². The lowest BCUT2D eigenvalue weighted by atomic mass is 10.2. The average molecular weight is 239 g/mol. The van der Waals surface area contributed by atoms with Crippen molar-refractivity contribution in [2.75, 3.05) is 19.0 Å². The van der Waals surface area contributed by atoms with Gasteiger partial charge in [-0.05, 0) is 6.42 Å². The van der Waals surface area contributed by atoms with Crippen molar-refractivity contribution >= 4 is 11.9 Å². The van der Waals surface area contributed by atoms with E-state index in [4.69, 9.17) is 9.84 Å². The second-order valence-electron chi connectivity index (χ2n) is 3.57. The average Bonchev–Trinajstić information content (AvgIpc) is 2.30. The van der Waals surface area contributed by atoms with Crippen LogP contribution >= 0.6 is 0 Å². The van der Waals surface area contributed by atoms with Crippen LogP contribution in [0.2, 0.25) is 0 Å². The standard InChI is InChI=1S/C11H17N3O3/c1-3-4-5-12-11-13-6-8(10(15)16)9(14-11)7-17-2/h6H,3-5,7H2,1-2H3,(H,15,16)(H,12,13,14). The van der Waals surface area contributed by atoms with Gasteiger partial charge in [0.1, 0.15) is 5.56 Å². The van der Waals surface area contributed by atoms with Gasteiger partial charge in [-0.25, -0.2) is 14.8 Å². The molecule has 0 unspecified atom stereocenters. The molecule has 0 aliphatic rings. The summed E-state index contributed by atoms with van der Waals surface area (Å²) < 4.78 is 4.92. The van der Waals surface area contributed by atoms with E-state index in [1.54, 1.807) is 0 Å². The minimum Gasteiger partial charge on any atom is -0.478 e. The molecule has 0 aliphatic carbocycles. The third-order valence-electron chi connectivity index (χ3n) is 2.19. The molecule has 6 heteroatoms. The summed E-state index contributed by atoms with van der Waals surface area (Å²) in [6.07, 6.45) is 3.40. The lowest BCUT2D eigenvalue weighted by molar-refractivity contribution is 0.0690. The summed E-state index contributed by atoms with van der Waals surface area (Å²) in [6, 6.07) is 0. The Bertz CT molecular complexity index is 382. The first-order valence-electron chi connectivity index (χ1n) is 5.51. The fraction of sp³-hybridized carbons (Fsp3) is 0.545. The number of ether oxygens (including phenoxy) is 1. The van der Waals surface area contributed by atoms with E-state index >= 15 is 0 Å². The minimum absolute atomic E-state index is 0.0768. The van der Waals surface area contributed by atoms with Crippen LogP contribution in [-0.4, -0.2) is 34.7 Å². The van der Waals surface area contributed by atoms with E-state index in [1.807, 2.05) is 0 Å². The zero-order valence-corrected chi connectivity index (χ0v) is 10.1. The molecule has 0 bridgehead atoms. The number of carbonyl (C=O) groups is 1. The third kappa shape index (κ3) is 3.99. The summed E-state index contributed by atoms with van der Waals surface area (Å²) >= 11 is 0. The van der Waals surface area contributed by atoms with Crippen molar-refractivity contribution in [3.8, 4) is 0 Å². The van der Waals surface area contributed by atoms with Crippen molar-refractivity contribution in [2.45, 2.75) is 26.4 Å². The molecule has 0 atom stereocenters. The molecule has 0 amide bonds. The van der Waals surface area contributed by atoms with Crippen molar-refractivity contribution in [2.24, 2.45) is 0 Å². The van der Waals surface area contributed by atoms with Gasteiger partial charge < -0.3 is 15.2 Å². The molecule has 0 fully saturated rings. The number of carboxylic acids is 1. The topological polar surface area (TPSA) is 84.3 Å². The van der Waals surface area contributed by atoms with Crippen molar-refractivity contribution < 1.29 is 14.6 Å². The van der Waals surface area contributed by atoms with Gasteiger partial charge in [0.05, 0.1) is 12.3 Å². The Morgan fingerprint density at radius 3 is 2.94 bits per heavy atom. The van der Waals surface area contributed by atoms with Crippen LogP contribution in [0, 0.1) is 0 Å². The lowest BCUT2D eigenvalue weighted by Crippen LogP contribution is -2.11. The quantitative estimate of drug-likeness (QED) is 0.702. The number of methoxy groups -OCH3 is 1. The molecule has 0 radical (unpaired) electrons. The number of anilines is 1. The molecule has 2 N–H and O–H groups in total. The van der Waals surface area contributed by atoms with Gasteiger partial charge in [0.25, 0.3) is 0 Å². The fourth-order valence-corrected chi connectivity index (χ4v) is 1.30. The number of nitrogens with zero attached hydrogens (tertiary/aromatic N) is 2. The molecular formula is C11H17N3O3. The molecular weight excluding hydrogens is 222 g/mol. The lowest BCUT2D eigenvalue weighted by Gasteiger charge is -2.07. The highest BCUT2D eigenvalue weighted by Crippen LogP contribution is 2.09. The molecule has 0 aliphatic heterocycles. The molecule has 0 spiro atoms. The van der Waals surface area contributed by atoms with Gasteiger partial charge in [-0.2, -0.15) is 0 Å². The number of aromatic nitrogens is 2. The first kappa shape index (κ1) is 13.4. The Balaban J connectivity index is 2.81. The van der Waals surface area contributed by atoms with Crippen molar-refractivity contribution in [3.05, 3.63) is 17.5 Å². The summed E-state index contributed by atoms with van der Waals surface area (Å²) in [5, 5.41) is 12.0. The minimum atomic E-state index is -1.04. The Labute approximate surface area is 100 Å². The Morgan fingerprint density at radius 1 is 1.59 bits per heavy atom. The summed E-state index contributed by atoms with van der Waals surface area (Å²) in [4.78, 5) is 19.0. The molecule has 0 saturated carbocycles. The number of aromatic carboxylic acids is 1. The number of nitrogens with one attached hydrogen (secondary N) is 1. The molecule has 94 valence electrons. The maximum Gasteiger partial charge on any atom is 0.339 e. The van der Waals surface area contributed by atoms with E-state index in [-0.39, 0.29) is 12.2 Å². The summed E-state index contributed by atoms with van der Waals surface area (Å²) in [5.74, 6) is -0.604. The zero-order chi connectivity index (χ0) is 12.7. The van der Waals surface area contributed by atoms with Crippen LogP contribution in [0.3, 0.4) is 0 Å². The molecule has 17 heavy (non-hydrogen) atoms. The Morgan fingerprint density at radius 2 is 2.35 bits per heavy atom. The van der Waals surface area contributed by atoms with Gasteiger partial charge in [-0.1, -0.05) is 13.3 Å². The highest BCUT2D eigenvalue weighted by atomic mass is 16.5. The molecule has 0 aromatic carbocycles. The number of carboxylic acid groups (broad SMARTS) is 1. The first-order chi connectivity index (χ1) is 8.19. The van der Waals surface area contributed by atoms with Crippen LogP contribution in [0.5, 0.6) is 0 Å². The summed E-state index contributed by atoms with van der Waals surface area (Å²) in [5.41, 5.74) is 0.460. The maximum absolute atomic E-state index is 10.9. The van der Waals surface area contributed by atoms with Gasteiger partial charge in [0.2, 0.25) is 5.95 Å². The van der Waals surface area contributed by atoms with Gasteiger partial charge in [0.15, 0.2) is 0 Å². The van der Waals surface area contributed by atoms with E-state index < -0.39 is 5.97 Å². The fourth-order valence-electron chi connectivity index (χ4n) is 1.30. The largest absolute Gasteiger partial charge is 0.478 e. The maximum atomic E-state index is 10.9. The molecule has 1 aromatic rings. The predicted molar refractivity (Wildman–Crippen MR) is 63.1 cm³/mol. The van der Waals surface area contributed by atoms with E-state index in [1.165, 1.54) is 13.3 Å². The highest BCUT2D eigenvalue weighted by Gasteiger charge is 2.13. The molecule has 0 saturated heterocycles. The SMILES string of the molecule is CCCCNc1ncc(C(=O)O)c(COC)n1. The normalized spacial score (nSPS) is 10.2. The van der Waals surface area contributed by atoms with Crippen molar-refractivity contribution in [3.63, 3.8) is 0 Å². The van der Waals surface area contributed by atoms with Crippen LogP contribution in [0.25, 0.3) is 0 Å². The number of hydrogen-bond acceptors (Lipinski definition) is 5. The second-order valence-corrected chi connectivity index (χ2v) is 3.57. The second kappa shape index (κ2) is 6.80. The van der Waals surface area contributed by atoms with Crippen LogP contribution in [-0.2, 0) is 11.3 Å². The summed E-state index contributed by atoms with van der Waals surface area (Å²) in [6.45, 7) is 3.02. The predicted octanol–water partition coefficient (Wildman–Crippen LogP) is 1.53. The number of hydrogen-bond donors (Lipinski definition) is 2.